The minimum Gasteiger partial charge on any atom is -0.466 e. The van der Waals surface area contributed by atoms with Crippen LogP contribution in [0.5, 0.6) is 0 Å². The van der Waals surface area contributed by atoms with Crippen molar-refractivity contribution in [3.63, 3.8) is 0 Å². The highest BCUT2D eigenvalue weighted by molar-refractivity contribution is 8.00. The lowest BCUT2D eigenvalue weighted by Gasteiger charge is -2.12. The molecule has 0 aliphatic carbocycles. The van der Waals surface area contributed by atoms with Crippen LogP contribution < -0.4 is 5.32 Å². The molecular weight excluding hydrogens is 482 g/mol. The summed E-state index contributed by atoms with van der Waals surface area (Å²) in [6, 6.07) is 19.5. The first-order chi connectivity index (χ1) is 17.0. The number of carbonyl (C=O) groups excluding carboxylic acids is 2. The summed E-state index contributed by atoms with van der Waals surface area (Å²) in [5.74, 6) is -0.596. The molecule has 0 radical (unpaired) electrons. The van der Waals surface area contributed by atoms with E-state index in [0.29, 0.717) is 34.0 Å². The van der Waals surface area contributed by atoms with Crippen LogP contribution in [0.25, 0.3) is 22.5 Å². The Morgan fingerprint density at radius 1 is 0.971 bits per heavy atom. The molecule has 8 nitrogen and oxygen atoms in total. The summed E-state index contributed by atoms with van der Waals surface area (Å²) in [5, 5.41) is 13.6. The van der Waals surface area contributed by atoms with Gasteiger partial charge in [-0.05, 0) is 13.8 Å². The summed E-state index contributed by atoms with van der Waals surface area (Å²) >= 11 is 2.47. The van der Waals surface area contributed by atoms with Crippen LogP contribution in [0.4, 0.5) is 5.13 Å². The molecule has 4 aromatic rings. The highest BCUT2D eigenvalue weighted by Crippen LogP contribution is 2.31. The largest absolute Gasteiger partial charge is 0.466 e. The number of benzene rings is 2. The van der Waals surface area contributed by atoms with Gasteiger partial charge in [0.1, 0.15) is 11.4 Å². The summed E-state index contributed by atoms with van der Waals surface area (Å²) in [4.78, 5) is 33.4. The monoisotopic (exact) mass is 505 g/mol. The van der Waals surface area contributed by atoms with Crippen LogP contribution in [-0.2, 0) is 20.7 Å². The van der Waals surface area contributed by atoms with Gasteiger partial charge in [-0.1, -0.05) is 72.4 Å². The predicted molar refractivity (Wildman–Crippen MR) is 137 cm³/mol. The van der Waals surface area contributed by atoms with E-state index in [2.05, 4.69) is 20.5 Å². The quantitative estimate of drug-likeness (QED) is 0.253. The zero-order valence-corrected chi connectivity index (χ0v) is 20.8. The SMILES string of the molecule is CCOC(=O)Cc1csc(NC(=O)C(C)Sc2nnc(-c3ccccc3)c(-c3ccccc3)n2)n1. The van der Waals surface area contributed by atoms with Gasteiger partial charge in [-0.25, -0.2) is 9.97 Å². The standard InChI is InChI=1S/C25H23N5O3S2/c1-3-33-20(31)14-19-15-34-24(26-19)28-23(32)16(2)35-25-27-21(17-10-6-4-7-11-17)22(29-30-25)18-12-8-5-9-13-18/h4-13,15-16H,3,14H2,1-2H3,(H,26,28,32). The Bertz CT molecular complexity index is 1300. The van der Waals surface area contributed by atoms with Gasteiger partial charge in [-0.15, -0.1) is 21.5 Å². The molecule has 10 heteroatoms. The molecule has 0 spiro atoms. The number of ether oxygens (including phenoxy) is 1. The molecule has 0 bridgehead atoms. The van der Waals surface area contributed by atoms with E-state index in [1.54, 1.807) is 19.2 Å². The second-order valence-corrected chi connectivity index (χ2v) is 9.56. The van der Waals surface area contributed by atoms with Crippen molar-refractivity contribution in [2.75, 3.05) is 11.9 Å². The van der Waals surface area contributed by atoms with Crippen LogP contribution in [-0.4, -0.2) is 43.9 Å². The summed E-state index contributed by atoms with van der Waals surface area (Å²) in [5.41, 5.74) is 3.76. The van der Waals surface area contributed by atoms with Crippen LogP contribution in [0.1, 0.15) is 19.5 Å². The normalized spacial score (nSPS) is 11.6. The van der Waals surface area contributed by atoms with Crippen LogP contribution >= 0.6 is 23.1 Å². The Balaban J connectivity index is 1.48. The number of hydrogen-bond acceptors (Lipinski definition) is 9. The number of rotatable bonds is 9. The molecule has 1 atom stereocenters. The molecular formula is C25H23N5O3S2. The summed E-state index contributed by atoms with van der Waals surface area (Å²) in [7, 11) is 0. The highest BCUT2D eigenvalue weighted by atomic mass is 32.2. The lowest BCUT2D eigenvalue weighted by atomic mass is 10.0. The molecule has 2 heterocycles. The molecule has 178 valence electrons. The van der Waals surface area contributed by atoms with E-state index < -0.39 is 5.25 Å². The molecule has 0 saturated heterocycles. The Labute approximate surface area is 211 Å². The number of anilines is 1. The second kappa shape index (κ2) is 11.7. The Kier molecular flexibility index (Phi) is 8.17. The lowest BCUT2D eigenvalue weighted by Crippen LogP contribution is -2.22. The molecule has 0 saturated carbocycles. The average Bonchev–Trinajstić information content (AvgIpc) is 3.31. The summed E-state index contributed by atoms with van der Waals surface area (Å²) < 4.78 is 4.93. The van der Waals surface area contributed by atoms with Gasteiger partial charge in [-0.3, -0.25) is 9.59 Å². The van der Waals surface area contributed by atoms with Gasteiger partial charge in [0.25, 0.3) is 0 Å². The van der Waals surface area contributed by atoms with Gasteiger partial charge < -0.3 is 10.1 Å². The predicted octanol–water partition coefficient (Wildman–Crippen LogP) is 4.89. The third-order valence-corrected chi connectivity index (χ3v) is 6.58. The second-order valence-electron chi connectivity index (χ2n) is 7.40. The lowest BCUT2D eigenvalue weighted by molar-refractivity contribution is -0.142. The maximum atomic E-state index is 12.8. The number of esters is 1. The fourth-order valence-corrected chi connectivity index (χ4v) is 4.60. The van der Waals surface area contributed by atoms with Crippen molar-refractivity contribution in [1.29, 1.82) is 0 Å². The number of amides is 1. The van der Waals surface area contributed by atoms with Gasteiger partial charge >= 0.3 is 5.97 Å². The van der Waals surface area contributed by atoms with Gasteiger partial charge in [0, 0.05) is 16.5 Å². The number of nitrogens with zero attached hydrogens (tertiary/aromatic N) is 4. The number of aromatic nitrogens is 4. The van der Waals surface area contributed by atoms with E-state index in [0.717, 1.165) is 11.1 Å². The summed E-state index contributed by atoms with van der Waals surface area (Å²) in [6.45, 7) is 3.83. The van der Waals surface area contributed by atoms with E-state index in [1.165, 1.54) is 23.1 Å². The molecule has 4 rings (SSSR count). The molecule has 0 aliphatic rings. The van der Waals surface area contributed by atoms with E-state index in [9.17, 15) is 9.59 Å². The van der Waals surface area contributed by atoms with Gasteiger partial charge in [0.15, 0.2) is 5.13 Å². The van der Waals surface area contributed by atoms with Crippen molar-refractivity contribution in [3.8, 4) is 22.5 Å². The third kappa shape index (κ3) is 6.49. The average molecular weight is 506 g/mol. The number of thioether (sulfide) groups is 1. The fraction of sp³-hybridized carbons (Fsp3) is 0.200. The first kappa shape index (κ1) is 24.5. The van der Waals surface area contributed by atoms with E-state index in [-0.39, 0.29) is 18.3 Å². The molecule has 2 aromatic heterocycles. The zero-order valence-electron chi connectivity index (χ0n) is 19.2. The highest BCUT2D eigenvalue weighted by Gasteiger charge is 2.20. The molecule has 1 N–H and O–H groups in total. The molecule has 0 fully saturated rings. The minimum atomic E-state index is -0.500. The minimum absolute atomic E-state index is 0.0695. The Hall–Kier alpha value is -3.63. The molecule has 35 heavy (non-hydrogen) atoms. The van der Waals surface area contributed by atoms with Crippen LogP contribution in [0.15, 0.2) is 71.2 Å². The third-order valence-electron chi connectivity index (χ3n) is 4.83. The van der Waals surface area contributed by atoms with Crippen LogP contribution in [0.2, 0.25) is 0 Å². The number of hydrogen-bond donors (Lipinski definition) is 1. The van der Waals surface area contributed by atoms with Crippen molar-refractivity contribution < 1.29 is 14.3 Å². The first-order valence-corrected chi connectivity index (χ1v) is 12.7. The van der Waals surface area contributed by atoms with Crippen molar-refractivity contribution in [3.05, 3.63) is 71.7 Å². The van der Waals surface area contributed by atoms with Crippen molar-refractivity contribution >= 4 is 40.1 Å². The molecule has 0 aliphatic heterocycles. The molecule has 1 amide bonds. The molecule has 2 aromatic carbocycles. The maximum absolute atomic E-state index is 12.8. The maximum Gasteiger partial charge on any atom is 0.311 e. The van der Waals surface area contributed by atoms with Crippen LogP contribution in [0.3, 0.4) is 0 Å². The van der Waals surface area contributed by atoms with Gasteiger partial charge in [0.05, 0.1) is 24.0 Å². The van der Waals surface area contributed by atoms with Gasteiger partial charge in [-0.2, -0.15) is 0 Å². The smallest absolute Gasteiger partial charge is 0.311 e. The van der Waals surface area contributed by atoms with E-state index in [1.807, 2.05) is 60.7 Å². The topological polar surface area (TPSA) is 107 Å². The van der Waals surface area contributed by atoms with Crippen molar-refractivity contribution in [1.82, 2.24) is 20.2 Å². The van der Waals surface area contributed by atoms with E-state index in [4.69, 9.17) is 9.72 Å². The zero-order chi connectivity index (χ0) is 24.6. The summed E-state index contributed by atoms with van der Waals surface area (Å²) in [6.07, 6.45) is 0.0695. The fourth-order valence-electron chi connectivity index (χ4n) is 3.17. The van der Waals surface area contributed by atoms with Crippen molar-refractivity contribution in [2.45, 2.75) is 30.7 Å². The first-order valence-electron chi connectivity index (χ1n) is 11.0. The molecule has 1 unspecified atom stereocenters. The van der Waals surface area contributed by atoms with E-state index >= 15 is 0 Å². The van der Waals surface area contributed by atoms with Crippen molar-refractivity contribution in [2.24, 2.45) is 0 Å². The number of carbonyl (C=O) groups is 2. The van der Waals surface area contributed by atoms with Gasteiger partial charge in [0.2, 0.25) is 11.1 Å². The Morgan fingerprint density at radius 2 is 1.63 bits per heavy atom. The number of nitrogens with one attached hydrogen (secondary N) is 1. The Morgan fingerprint density at radius 3 is 2.29 bits per heavy atom. The van der Waals surface area contributed by atoms with Crippen LogP contribution in [0, 0.1) is 0 Å². The number of thiazole rings is 1.